The monoisotopic (exact) mass is 261 g/mol. The number of methoxy groups -OCH3 is 1. The molecule has 0 aliphatic heterocycles. The van der Waals surface area contributed by atoms with Crippen molar-refractivity contribution in [2.24, 2.45) is 0 Å². The van der Waals surface area contributed by atoms with E-state index in [9.17, 15) is 0 Å². The van der Waals surface area contributed by atoms with Gasteiger partial charge in [-0.05, 0) is 37.2 Å². The van der Waals surface area contributed by atoms with Crippen molar-refractivity contribution >= 4 is 0 Å². The first-order valence-electron chi connectivity index (χ1n) is 6.74. The number of benzene rings is 1. The molecule has 0 aliphatic rings. The van der Waals surface area contributed by atoms with Crippen molar-refractivity contribution in [2.45, 2.75) is 26.8 Å². The van der Waals surface area contributed by atoms with E-state index in [4.69, 9.17) is 9.84 Å². The van der Waals surface area contributed by atoms with E-state index in [2.05, 4.69) is 36.7 Å². The number of hydrogen-bond donors (Lipinski definition) is 1. The molecule has 0 saturated carbocycles. The molecule has 1 aromatic carbocycles. The third kappa shape index (κ3) is 4.94. The van der Waals surface area contributed by atoms with Gasteiger partial charge in [0.25, 0.3) is 0 Å². The zero-order chi connectivity index (χ0) is 14.1. The maximum Gasteiger partial charge on any atom is 0.134 e. The fraction of sp³-hybridized carbons (Fsp3) is 0.500. The Balaban J connectivity index is 2.90. The first-order chi connectivity index (χ1) is 9.24. The summed E-state index contributed by atoms with van der Waals surface area (Å²) in [5.74, 6) is 6.36. The molecule has 1 N–H and O–H groups in total. The summed E-state index contributed by atoms with van der Waals surface area (Å²) in [6.07, 6.45) is 1.15. The Morgan fingerprint density at radius 2 is 2.11 bits per heavy atom. The van der Waals surface area contributed by atoms with Crippen LogP contribution in [0.15, 0.2) is 18.2 Å². The van der Waals surface area contributed by atoms with Crippen LogP contribution in [-0.2, 0) is 6.54 Å². The van der Waals surface area contributed by atoms with Crippen LogP contribution in [0.25, 0.3) is 0 Å². The molecular weight excluding hydrogens is 238 g/mol. The third-order valence-corrected chi connectivity index (χ3v) is 2.96. The van der Waals surface area contributed by atoms with Crippen molar-refractivity contribution in [2.75, 3.05) is 26.8 Å². The Kier molecular flexibility index (Phi) is 7.02. The lowest BCUT2D eigenvalue weighted by atomic mass is 10.1. The summed E-state index contributed by atoms with van der Waals surface area (Å²) in [5.41, 5.74) is 2.06. The Morgan fingerprint density at radius 1 is 1.32 bits per heavy atom. The zero-order valence-electron chi connectivity index (χ0n) is 12.1. The molecule has 3 heteroatoms. The minimum Gasteiger partial charge on any atom is -0.495 e. The lowest BCUT2D eigenvalue weighted by Gasteiger charge is -2.20. The topological polar surface area (TPSA) is 32.7 Å². The van der Waals surface area contributed by atoms with Crippen LogP contribution < -0.4 is 4.74 Å². The van der Waals surface area contributed by atoms with E-state index >= 15 is 0 Å². The molecule has 19 heavy (non-hydrogen) atoms. The Hall–Kier alpha value is -1.50. The number of rotatable bonds is 6. The standard InChI is InChI=1S/C16H23NO2/c1-4-10-17(5-2)13-14-8-9-16(19-3)15(12-14)7-6-11-18/h8-9,12,18H,4-5,10-11,13H2,1-3H3. The van der Waals surface area contributed by atoms with Crippen LogP contribution in [0.4, 0.5) is 0 Å². The predicted molar refractivity (Wildman–Crippen MR) is 78.2 cm³/mol. The van der Waals surface area contributed by atoms with Crippen LogP contribution in [0.5, 0.6) is 5.75 Å². The van der Waals surface area contributed by atoms with Crippen molar-refractivity contribution in [1.29, 1.82) is 0 Å². The molecule has 0 aliphatic carbocycles. The summed E-state index contributed by atoms with van der Waals surface area (Å²) in [6, 6.07) is 6.05. The maximum atomic E-state index is 8.79. The Morgan fingerprint density at radius 3 is 2.68 bits per heavy atom. The van der Waals surface area contributed by atoms with Crippen molar-refractivity contribution in [3.05, 3.63) is 29.3 Å². The van der Waals surface area contributed by atoms with E-state index in [1.165, 1.54) is 5.56 Å². The van der Waals surface area contributed by atoms with Crippen molar-refractivity contribution in [1.82, 2.24) is 4.90 Å². The van der Waals surface area contributed by atoms with Gasteiger partial charge < -0.3 is 9.84 Å². The number of hydrogen-bond acceptors (Lipinski definition) is 3. The van der Waals surface area contributed by atoms with Gasteiger partial charge in [-0.3, -0.25) is 4.90 Å². The Bertz CT molecular complexity index is 446. The van der Waals surface area contributed by atoms with Crippen LogP contribution in [-0.4, -0.2) is 36.8 Å². The van der Waals surface area contributed by atoms with E-state index in [-0.39, 0.29) is 6.61 Å². The van der Waals surface area contributed by atoms with Gasteiger partial charge in [0, 0.05) is 6.54 Å². The molecule has 0 radical (unpaired) electrons. The molecule has 1 aromatic rings. The van der Waals surface area contributed by atoms with Gasteiger partial charge in [0.1, 0.15) is 12.4 Å². The summed E-state index contributed by atoms with van der Waals surface area (Å²) in [7, 11) is 1.63. The van der Waals surface area contributed by atoms with Gasteiger partial charge in [-0.2, -0.15) is 0 Å². The first kappa shape index (κ1) is 15.6. The Labute approximate surface area is 116 Å². The van der Waals surface area contributed by atoms with Crippen molar-refractivity contribution < 1.29 is 9.84 Å². The predicted octanol–water partition coefficient (Wildman–Crippen LogP) is 2.27. The molecule has 0 aromatic heterocycles. The SMILES string of the molecule is CCCN(CC)Cc1ccc(OC)c(C#CCO)c1. The highest BCUT2D eigenvalue weighted by Crippen LogP contribution is 2.19. The normalized spacial score (nSPS) is 10.2. The van der Waals surface area contributed by atoms with Crippen molar-refractivity contribution in [3.63, 3.8) is 0 Å². The van der Waals surface area contributed by atoms with Crippen LogP contribution >= 0.6 is 0 Å². The molecule has 3 nitrogen and oxygen atoms in total. The molecule has 0 atom stereocenters. The maximum absolute atomic E-state index is 8.79. The average molecular weight is 261 g/mol. The highest BCUT2D eigenvalue weighted by Gasteiger charge is 2.06. The first-order valence-corrected chi connectivity index (χ1v) is 6.74. The summed E-state index contributed by atoms with van der Waals surface area (Å²) < 4.78 is 5.28. The van der Waals surface area contributed by atoms with Gasteiger partial charge >= 0.3 is 0 Å². The molecule has 0 unspecified atom stereocenters. The second kappa shape index (κ2) is 8.58. The fourth-order valence-electron chi connectivity index (χ4n) is 2.01. The highest BCUT2D eigenvalue weighted by molar-refractivity contribution is 5.48. The van der Waals surface area contributed by atoms with Crippen LogP contribution in [0.2, 0.25) is 0 Å². The van der Waals surface area contributed by atoms with Gasteiger partial charge in [0.2, 0.25) is 0 Å². The summed E-state index contributed by atoms with van der Waals surface area (Å²) in [6.45, 7) is 7.28. The van der Waals surface area contributed by atoms with Crippen LogP contribution in [0.3, 0.4) is 0 Å². The molecular formula is C16H23NO2. The third-order valence-electron chi connectivity index (χ3n) is 2.96. The molecule has 0 bridgehead atoms. The largest absolute Gasteiger partial charge is 0.495 e. The number of ether oxygens (including phenoxy) is 1. The second-order valence-electron chi connectivity index (χ2n) is 4.36. The average Bonchev–Trinajstić information content (AvgIpc) is 2.44. The van der Waals surface area contributed by atoms with Crippen molar-refractivity contribution in [3.8, 4) is 17.6 Å². The van der Waals surface area contributed by atoms with E-state index in [0.717, 1.165) is 37.4 Å². The van der Waals surface area contributed by atoms with Crippen LogP contribution in [0, 0.1) is 11.8 Å². The summed E-state index contributed by atoms with van der Waals surface area (Å²) >= 11 is 0. The van der Waals surface area contributed by atoms with Gasteiger partial charge in [0.15, 0.2) is 0 Å². The molecule has 0 heterocycles. The quantitative estimate of drug-likeness (QED) is 0.797. The summed E-state index contributed by atoms with van der Waals surface area (Å²) in [5, 5.41) is 8.79. The van der Waals surface area contributed by atoms with Gasteiger partial charge in [-0.1, -0.05) is 31.8 Å². The number of nitrogens with zero attached hydrogens (tertiary/aromatic N) is 1. The molecule has 0 fully saturated rings. The molecule has 104 valence electrons. The minimum atomic E-state index is -0.135. The highest BCUT2D eigenvalue weighted by atomic mass is 16.5. The van der Waals surface area contributed by atoms with Gasteiger partial charge in [-0.25, -0.2) is 0 Å². The lowest BCUT2D eigenvalue weighted by molar-refractivity contribution is 0.280. The zero-order valence-corrected chi connectivity index (χ0v) is 12.1. The van der Waals surface area contributed by atoms with Crippen LogP contribution in [0.1, 0.15) is 31.4 Å². The minimum absolute atomic E-state index is 0.135. The number of aliphatic hydroxyl groups excluding tert-OH is 1. The van der Waals surface area contributed by atoms with Gasteiger partial charge in [0.05, 0.1) is 12.7 Å². The lowest BCUT2D eigenvalue weighted by Crippen LogP contribution is -2.23. The molecule has 0 saturated heterocycles. The second-order valence-corrected chi connectivity index (χ2v) is 4.36. The van der Waals surface area contributed by atoms with E-state index in [0.29, 0.717) is 0 Å². The smallest absolute Gasteiger partial charge is 0.134 e. The number of aliphatic hydroxyl groups is 1. The molecule has 1 rings (SSSR count). The summed E-state index contributed by atoms with van der Waals surface area (Å²) in [4.78, 5) is 2.39. The van der Waals surface area contributed by atoms with E-state index < -0.39 is 0 Å². The molecule has 0 amide bonds. The fourth-order valence-corrected chi connectivity index (χ4v) is 2.01. The molecule has 0 spiro atoms. The van der Waals surface area contributed by atoms with E-state index in [1.54, 1.807) is 7.11 Å². The van der Waals surface area contributed by atoms with Gasteiger partial charge in [-0.15, -0.1) is 0 Å². The van der Waals surface area contributed by atoms with E-state index in [1.807, 2.05) is 12.1 Å².